The van der Waals surface area contributed by atoms with Crippen LogP contribution in [0.25, 0.3) is 0 Å². The van der Waals surface area contributed by atoms with E-state index in [2.05, 4.69) is 4.18 Å². The van der Waals surface area contributed by atoms with Gasteiger partial charge in [0.25, 0.3) is 0 Å². The van der Waals surface area contributed by atoms with E-state index in [1.807, 2.05) is 0 Å². The minimum absolute atomic E-state index is 1.16. The first kappa shape index (κ1) is 18.9. The van der Waals surface area contributed by atoms with Gasteiger partial charge in [0.1, 0.15) is 0 Å². The van der Waals surface area contributed by atoms with Gasteiger partial charge in [-0.25, -0.2) is 4.18 Å². The zero-order valence-corrected chi connectivity index (χ0v) is 12.4. The lowest BCUT2D eigenvalue weighted by Crippen LogP contribution is -2.47. The molecule has 0 aromatic carbocycles. The molecule has 0 heterocycles. The number of halogens is 3. The van der Waals surface area contributed by atoms with E-state index in [1.165, 1.54) is 27.7 Å². The molecule has 6 nitrogen and oxygen atoms in total. The average molecular weight is 328 g/mol. The lowest BCUT2D eigenvalue weighted by Gasteiger charge is -2.39. The lowest BCUT2D eigenvalue weighted by atomic mass is 9.95. The van der Waals surface area contributed by atoms with Crippen LogP contribution in [0.1, 0.15) is 27.7 Å². The summed E-state index contributed by atoms with van der Waals surface area (Å²) in [4.78, 5) is 18.5. The van der Waals surface area contributed by atoms with Crippen LogP contribution in [0.3, 0.4) is 0 Å². The van der Waals surface area contributed by atoms with Crippen LogP contribution in [0.15, 0.2) is 0 Å². The summed E-state index contributed by atoms with van der Waals surface area (Å²) in [5, 5.41) is -2.76. The maximum atomic E-state index is 12.3. The summed E-state index contributed by atoms with van der Waals surface area (Å²) >= 11 is 0. The Bertz CT molecular complexity index is 455. The van der Waals surface area contributed by atoms with Crippen LogP contribution in [0.2, 0.25) is 0 Å². The smallest absolute Gasteiger partial charge is 0.322 e. The van der Waals surface area contributed by atoms with Crippen LogP contribution >= 0.6 is 7.60 Å². The van der Waals surface area contributed by atoms with E-state index in [1.54, 1.807) is 0 Å². The Hall–Kier alpha value is -0.150. The van der Waals surface area contributed by atoms with Crippen molar-refractivity contribution >= 4 is 17.7 Å². The maximum absolute atomic E-state index is 12.3. The molecule has 0 aliphatic rings. The maximum Gasteiger partial charge on any atom is 0.523 e. The van der Waals surface area contributed by atoms with Gasteiger partial charge in [0.05, 0.1) is 0 Å². The zero-order valence-electron chi connectivity index (χ0n) is 10.7. The molecule has 0 aliphatic carbocycles. The standard InChI is InChI=1S/C8H16F3O6PS/c1-5(2)7(6(3)4,18(12,13)14)17-19(15,16)8(9,10)11/h5-6H,1-4H3,(H2,12,13,14). The third kappa shape index (κ3) is 3.49. The highest BCUT2D eigenvalue weighted by Crippen LogP contribution is 2.60. The van der Waals surface area contributed by atoms with Crippen molar-refractivity contribution in [2.75, 3.05) is 0 Å². The fourth-order valence-corrected chi connectivity index (χ4v) is 4.66. The van der Waals surface area contributed by atoms with Gasteiger partial charge in [-0.1, -0.05) is 27.7 Å². The molecule has 0 aromatic rings. The highest BCUT2D eigenvalue weighted by atomic mass is 32.2. The van der Waals surface area contributed by atoms with Crippen molar-refractivity contribution in [3.63, 3.8) is 0 Å². The van der Waals surface area contributed by atoms with Gasteiger partial charge >= 0.3 is 23.2 Å². The third-order valence-corrected chi connectivity index (χ3v) is 5.86. The molecule has 0 rings (SSSR count). The first-order chi connectivity index (χ1) is 8.09. The molecule has 2 N–H and O–H groups in total. The molecule has 0 aliphatic heterocycles. The number of alkyl halides is 3. The van der Waals surface area contributed by atoms with E-state index < -0.39 is 40.4 Å². The summed E-state index contributed by atoms with van der Waals surface area (Å²) in [6.45, 7) is 4.69. The van der Waals surface area contributed by atoms with Crippen molar-refractivity contribution in [1.82, 2.24) is 0 Å². The summed E-state index contributed by atoms with van der Waals surface area (Å²) in [7, 11) is -11.4. The fourth-order valence-electron chi connectivity index (χ4n) is 1.80. The largest absolute Gasteiger partial charge is 0.523 e. The van der Waals surface area contributed by atoms with Crippen molar-refractivity contribution in [2.45, 2.75) is 38.5 Å². The van der Waals surface area contributed by atoms with E-state index in [0.29, 0.717) is 0 Å². The summed E-state index contributed by atoms with van der Waals surface area (Å²) in [6, 6.07) is 0. The summed E-state index contributed by atoms with van der Waals surface area (Å²) in [5.74, 6) is -2.32. The summed E-state index contributed by atoms with van der Waals surface area (Å²) < 4.78 is 74.4. The van der Waals surface area contributed by atoms with Crippen molar-refractivity contribution in [3.05, 3.63) is 0 Å². The Morgan fingerprint density at radius 3 is 1.53 bits per heavy atom. The van der Waals surface area contributed by atoms with Crippen molar-refractivity contribution in [2.24, 2.45) is 11.8 Å². The van der Waals surface area contributed by atoms with Crippen LogP contribution in [0.5, 0.6) is 0 Å². The molecule has 19 heavy (non-hydrogen) atoms. The highest BCUT2D eigenvalue weighted by Gasteiger charge is 2.61. The normalized spacial score (nSPS) is 15.3. The van der Waals surface area contributed by atoms with Crippen molar-refractivity contribution in [3.8, 4) is 0 Å². The average Bonchev–Trinajstić information content (AvgIpc) is 2.08. The second-order valence-electron chi connectivity index (χ2n) is 4.59. The molecule has 0 saturated heterocycles. The molecule has 0 bridgehead atoms. The second-order valence-corrected chi connectivity index (χ2v) is 7.91. The Morgan fingerprint density at radius 1 is 1.05 bits per heavy atom. The van der Waals surface area contributed by atoms with Gasteiger partial charge < -0.3 is 9.79 Å². The highest BCUT2D eigenvalue weighted by molar-refractivity contribution is 7.87. The van der Waals surface area contributed by atoms with Crippen LogP contribution in [-0.4, -0.2) is 29.1 Å². The molecule has 11 heteroatoms. The van der Waals surface area contributed by atoms with E-state index >= 15 is 0 Å². The van der Waals surface area contributed by atoms with Crippen LogP contribution in [0.4, 0.5) is 13.2 Å². The molecule has 0 spiro atoms. The van der Waals surface area contributed by atoms with Crippen LogP contribution < -0.4 is 0 Å². The molecule has 0 radical (unpaired) electrons. The SMILES string of the molecule is CC(C)C(OS(=O)(=O)C(F)(F)F)(C(C)C)P(=O)(O)O. The minimum atomic E-state index is -6.12. The lowest BCUT2D eigenvalue weighted by molar-refractivity contribution is -0.0680. The molecule has 0 unspecified atom stereocenters. The van der Waals surface area contributed by atoms with Crippen LogP contribution in [-0.2, 0) is 18.9 Å². The monoisotopic (exact) mass is 328 g/mol. The van der Waals surface area contributed by atoms with Gasteiger partial charge in [-0.05, 0) is 11.8 Å². The van der Waals surface area contributed by atoms with Crippen LogP contribution in [0, 0.1) is 11.8 Å². The predicted octanol–water partition coefficient (Wildman–Crippen LogP) is 2.04. The number of hydrogen-bond donors (Lipinski definition) is 2. The Balaban J connectivity index is 6.02. The van der Waals surface area contributed by atoms with Gasteiger partial charge in [-0.3, -0.25) is 4.57 Å². The molecule has 0 amide bonds. The van der Waals surface area contributed by atoms with Crippen molar-refractivity contribution in [1.29, 1.82) is 0 Å². The third-order valence-electron chi connectivity index (χ3n) is 2.64. The first-order valence-electron chi connectivity index (χ1n) is 5.17. The van der Waals surface area contributed by atoms with Gasteiger partial charge in [-0.15, -0.1) is 0 Å². The molecule has 0 fully saturated rings. The number of rotatable bonds is 5. The van der Waals surface area contributed by atoms with Gasteiger partial charge in [-0.2, -0.15) is 21.6 Å². The van der Waals surface area contributed by atoms with Gasteiger partial charge in [0.2, 0.25) is 0 Å². The molecule has 0 aromatic heterocycles. The Morgan fingerprint density at radius 2 is 1.37 bits per heavy atom. The zero-order chi connectivity index (χ0) is 15.9. The molecule has 0 atom stereocenters. The fraction of sp³-hybridized carbons (Fsp3) is 1.00. The molecule has 116 valence electrons. The molecule has 0 saturated carbocycles. The Kier molecular flexibility index (Phi) is 5.28. The Labute approximate surface area is 109 Å². The number of hydrogen-bond acceptors (Lipinski definition) is 4. The van der Waals surface area contributed by atoms with Crippen molar-refractivity contribution < 1.29 is 40.1 Å². The first-order valence-corrected chi connectivity index (χ1v) is 8.19. The van der Waals surface area contributed by atoms with E-state index in [0.717, 1.165) is 0 Å². The predicted molar refractivity (Wildman–Crippen MR) is 60.5 cm³/mol. The molecular formula is C8H16F3O6PS. The van der Waals surface area contributed by atoms with E-state index in [9.17, 15) is 35.9 Å². The quantitative estimate of drug-likeness (QED) is 0.455. The summed E-state index contributed by atoms with van der Waals surface area (Å²) in [5.41, 5.74) is -5.75. The van der Waals surface area contributed by atoms with Gasteiger partial charge in [0.15, 0.2) is 5.34 Å². The second kappa shape index (κ2) is 5.33. The topological polar surface area (TPSA) is 101 Å². The molecular weight excluding hydrogens is 312 g/mol. The minimum Gasteiger partial charge on any atom is -0.322 e. The van der Waals surface area contributed by atoms with Gasteiger partial charge in [0, 0.05) is 0 Å². The van der Waals surface area contributed by atoms with E-state index in [4.69, 9.17) is 0 Å². The summed E-state index contributed by atoms with van der Waals surface area (Å²) in [6.07, 6.45) is 0. The van der Waals surface area contributed by atoms with E-state index in [-0.39, 0.29) is 0 Å².